The Hall–Kier alpha value is -0.830. The lowest BCUT2D eigenvalue weighted by atomic mass is 9.91. The Morgan fingerprint density at radius 2 is 2.00 bits per heavy atom. The minimum atomic E-state index is -0.623. The third-order valence-corrected chi connectivity index (χ3v) is 3.56. The van der Waals surface area contributed by atoms with Crippen LogP contribution in [-0.4, -0.2) is 14.9 Å². The zero-order valence-corrected chi connectivity index (χ0v) is 10.2. The standard InChI is InChI=1S/C13H22N2O/c1-2-11-15-12(7-10-14-15)13(16)8-5-3-4-6-9-13/h7,10,16H,2-6,8-9,11H2,1H3. The highest BCUT2D eigenvalue weighted by Crippen LogP contribution is 2.35. The third-order valence-electron chi connectivity index (χ3n) is 3.56. The van der Waals surface area contributed by atoms with E-state index in [-0.39, 0.29) is 0 Å². The molecule has 0 unspecified atom stereocenters. The predicted octanol–water partition coefficient (Wildman–Crippen LogP) is 2.83. The summed E-state index contributed by atoms with van der Waals surface area (Å²) >= 11 is 0. The Kier molecular flexibility index (Phi) is 3.64. The van der Waals surface area contributed by atoms with Crippen molar-refractivity contribution in [3.63, 3.8) is 0 Å². The Balaban J connectivity index is 2.22. The van der Waals surface area contributed by atoms with Crippen molar-refractivity contribution in [3.05, 3.63) is 18.0 Å². The summed E-state index contributed by atoms with van der Waals surface area (Å²) in [6.07, 6.45) is 9.43. The van der Waals surface area contributed by atoms with Crippen LogP contribution in [0.25, 0.3) is 0 Å². The molecular weight excluding hydrogens is 200 g/mol. The summed E-state index contributed by atoms with van der Waals surface area (Å²) in [4.78, 5) is 0. The average Bonchev–Trinajstić information content (AvgIpc) is 2.62. The second-order valence-corrected chi connectivity index (χ2v) is 4.89. The first-order valence-electron chi connectivity index (χ1n) is 6.51. The molecule has 0 radical (unpaired) electrons. The van der Waals surface area contributed by atoms with Gasteiger partial charge in [0.15, 0.2) is 0 Å². The number of hydrogen-bond acceptors (Lipinski definition) is 2. The molecule has 1 aromatic rings. The van der Waals surface area contributed by atoms with E-state index in [0.717, 1.165) is 44.3 Å². The number of rotatable bonds is 3. The summed E-state index contributed by atoms with van der Waals surface area (Å²) in [5, 5.41) is 15.1. The van der Waals surface area contributed by atoms with Gasteiger partial charge in [0, 0.05) is 12.7 Å². The van der Waals surface area contributed by atoms with Crippen molar-refractivity contribution in [1.82, 2.24) is 9.78 Å². The van der Waals surface area contributed by atoms with Crippen LogP contribution in [0.4, 0.5) is 0 Å². The van der Waals surface area contributed by atoms with E-state index in [2.05, 4.69) is 12.0 Å². The van der Waals surface area contributed by atoms with Gasteiger partial charge in [0.1, 0.15) is 5.60 Å². The molecule has 2 rings (SSSR count). The summed E-state index contributed by atoms with van der Waals surface area (Å²) in [5.74, 6) is 0. The van der Waals surface area contributed by atoms with E-state index in [0.29, 0.717) is 0 Å². The molecule has 0 aromatic carbocycles. The second kappa shape index (κ2) is 5.00. The monoisotopic (exact) mass is 222 g/mol. The van der Waals surface area contributed by atoms with E-state index in [9.17, 15) is 5.11 Å². The van der Waals surface area contributed by atoms with Gasteiger partial charge in [0.25, 0.3) is 0 Å². The highest BCUT2D eigenvalue weighted by molar-refractivity contribution is 5.12. The van der Waals surface area contributed by atoms with Crippen molar-refractivity contribution in [2.75, 3.05) is 0 Å². The molecule has 0 bridgehead atoms. The Labute approximate surface area is 97.5 Å². The van der Waals surface area contributed by atoms with E-state index in [1.807, 2.05) is 16.9 Å². The van der Waals surface area contributed by atoms with Crippen molar-refractivity contribution in [1.29, 1.82) is 0 Å². The van der Waals surface area contributed by atoms with Crippen LogP contribution in [0.3, 0.4) is 0 Å². The van der Waals surface area contributed by atoms with Crippen LogP contribution in [-0.2, 0) is 12.1 Å². The fraction of sp³-hybridized carbons (Fsp3) is 0.769. The predicted molar refractivity (Wildman–Crippen MR) is 64.1 cm³/mol. The number of aryl methyl sites for hydroxylation is 1. The molecular formula is C13H22N2O. The molecule has 1 N–H and O–H groups in total. The molecule has 3 heteroatoms. The fourth-order valence-electron chi connectivity index (χ4n) is 2.69. The quantitative estimate of drug-likeness (QED) is 0.799. The SMILES string of the molecule is CCCn1nccc1C1(O)CCCCCC1. The normalized spacial score (nSPS) is 20.6. The highest BCUT2D eigenvalue weighted by atomic mass is 16.3. The minimum Gasteiger partial charge on any atom is -0.384 e. The highest BCUT2D eigenvalue weighted by Gasteiger charge is 2.32. The molecule has 0 amide bonds. The second-order valence-electron chi connectivity index (χ2n) is 4.89. The third kappa shape index (κ3) is 2.29. The first-order valence-corrected chi connectivity index (χ1v) is 6.51. The van der Waals surface area contributed by atoms with E-state index < -0.39 is 5.60 Å². The molecule has 1 aromatic heterocycles. The van der Waals surface area contributed by atoms with Gasteiger partial charge in [-0.1, -0.05) is 32.6 Å². The van der Waals surface area contributed by atoms with Crippen LogP contribution in [0, 0.1) is 0 Å². The lowest BCUT2D eigenvalue weighted by Gasteiger charge is -2.27. The largest absolute Gasteiger partial charge is 0.384 e. The maximum Gasteiger partial charge on any atom is 0.106 e. The Bertz CT molecular complexity index is 324. The fourth-order valence-corrected chi connectivity index (χ4v) is 2.69. The zero-order valence-electron chi connectivity index (χ0n) is 10.2. The van der Waals surface area contributed by atoms with Gasteiger partial charge in [-0.2, -0.15) is 5.10 Å². The Morgan fingerprint density at radius 1 is 1.31 bits per heavy atom. The van der Waals surface area contributed by atoms with E-state index in [4.69, 9.17) is 0 Å². The van der Waals surface area contributed by atoms with Crippen molar-refractivity contribution in [2.24, 2.45) is 0 Å². The molecule has 0 spiro atoms. The number of nitrogens with zero attached hydrogens (tertiary/aromatic N) is 2. The van der Waals surface area contributed by atoms with Crippen LogP contribution in [0.15, 0.2) is 12.3 Å². The molecule has 0 aliphatic heterocycles. The molecule has 0 saturated heterocycles. The summed E-state index contributed by atoms with van der Waals surface area (Å²) in [7, 11) is 0. The first kappa shape index (κ1) is 11.6. The van der Waals surface area contributed by atoms with Gasteiger partial charge in [-0.05, 0) is 25.3 Å². The van der Waals surface area contributed by atoms with Crippen molar-refractivity contribution < 1.29 is 5.11 Å². The molecule has 3 nitrogen and oxygen atoms in total. The van der Waals surface area contributed by atoms with Gasteiger partial charge in [-0.3, -0.25) is 4.68 Å². The van der Waals surface area contributed by atoms with E-state index >= 15 is 0 Å². The molecule has 1 saturated carbocycles. The number of hydrogen-bond donors (Lipinski definition) is 1. The van der Waals surface area contributed by atoms with Crippen molar-refractivity contribution >= 4 is 0 Å². The van der Waals surface area contributed by atoms with Crippen LogP contribution < -0.4 is 0 Å². The van der Waals surface area contributed by atoms with Gasteiger partial charge in [0.05, 0.1) is 5.69 Å². The zero-order chi connectivity index (χ0) is 11.4. The number of aliphatic hydroxyl groups is 1. The molecule has 1 aliphatic rings. The number of aromatic nitrogens is 2. The molecule has 90 valence electrons. The van der Waals surface area contributed by atoms with Crippen LogP contribution in [0.1, 0.15) is 57.6 Å². The first-order chi connectivity index (χ1) is 7.76. The maximum absolute atomic E-state index is 10.8. The summed E-state index contributed by atoms with van der Waals surface area (Å²) in [6.45, 7) is 3.05. The van der Waals surface area contributed by atoms with Gasteiger partial charge in [-0.15, -0.1) is 0 Å². The molecule has 1 aliphatic carbocycles. The maximum atomic E-state index is 10.8. The smallest absolute Gasteiger partial charge is 0.106 e. The molecule has 1 fully saturated rings. The van der Waals surface area contributed by atoms with Crippen LogP contribution in [0.5, 0.6) is 0 Å². The molecule has 0 atom stereocenters. The summed E-state index contributed by atoms with van der Waals surface area (Å²) in [6, 6.07) is 1.99. The lowest BCUT2D eigenvalue weighted by Crippen LogP contribution is -2.28. The van der Waals surface area contributed by atoms with Gasteiger partial charge < -0.3 is 5.11 Å². The van der Waals surface area contributed by atoms with E-state index in [1.165, 1.54) is 12.8 Å². The van der Waals surface area contributed by atoms with Crippen molar-refractivity contribution in [2.45, 2.75) is 64.0 Å². The summed E-state index contributed by atoms with van der Waals surface area (Å²) < 4.78 is 1.98. The molecule has 16 heavy (non-hydrogen) atoms. The molecule has 1 heterocycles. The van der Waals surface area contributed by atoms with Crippen molar-refractivity contribution in [3.8, 4) is 0 Å². The van der Waals surface area contributed by atoms with Gasteiger partial charge in [0.2, 0.25) is 0 Å². The Morgan fingerprint density at radius 3 is 2.62 bits per heavy atom. The van der Waals surface area contributed by atoms with Crippen LogP contribution >= 0.6 is 0 Å². The van der Waals surface area contributed by atoms with Crippen LogP contribution in [0.2, 0.25) is 0 Å². The lowest BCUT2D eigenvalue weighted by molar-refractivity contribution is 0.0118. The summed E-state index contributed by atoms with van der Waals surface area (Å²) in [5.41, 5.74) is 0.401. The van der Waals surface area contributed by atoms with Gasteiger partial charge in [-0.25, -0.2) is 0 Å². The van der Waals surface area contributed by atoms with E-state index in [1.54, 1.807) is 0 Å². The average molecular weight is 222 g/mol. The minimum absolute atomic E-state index is 0.623. The topological polar surface area (TPSA) is 38.0 Å². The van der Waals surface area contributed by atoms with Gasteiger partial charge >= 0.3 is 0 Å².